The number of quaternary nitrogens is 1. The van der Waals surface area contributed by atoms with Crippen LogP contribution in [0.25, 0.3) is 0 Å². The lowest BCUT2D eigenvalue weighted by molar-refractivity contribution is -0.919. The van der Waals surface area contributed by atoms with Crippen LogP contribution in [-0.2, 0) is 4.79 Å². The van der Waals surface area contributed by atoms with Gasteiger partial charge >= 0.3 is 5.97 Å². The molecule has 3 unspecified atom stereocenters. The molecule has 5 heteroatoms. The van der Waals surface area contributed by atoms with Crippen LogP contribution in [0.4, 0.5) is 0 Å². The van der Waals surface area contributed by atoms with Gasteiger partial charge in [-0.25, -0.2) is 4.90 Å². The molecule has 2 N–H and O–H groups in total. The van der Waals surface area contributed by atoms with E-state index < -0.39 is 5.97 Å². The van der Waals surface area contributed by atoms with Crippen LogP contribution in [0.5, 0.6) is 0 Å². The highest BCUT2D eigenvalue weighted by atomic mass is 16.4. The molecule has 1 saturated carbocycles. The molecule has 2 fully saturated rings. The van der Waals surface area contributed by atoms with Crippen molar-refractivity contribution in [3.63, 3.8) is 0 Å². The zero-order valence-corrected chi connectivity index (χ0v) is 11.0. The van der Waals surface area contributed by atoms with Crippen molar-refractivity contribution in [3.8, 4) is 0 Å². The third kappa shape index (κ3) is 3.78. The molecular weight excluding hydrogens is 230 g/mol. The van der Waals surface area contributed by atoms with Gasteiger partial charge < -0.3 is 10.0 Å². The van der Waals surface area contributed by atoms with Gasteiger partial charge in [-0.3, -0.25) is 9.79 Å². The summed E-state index contributed by atoms with van der Waals surface area (Å²) < 4.78 is 0. The lowest BCUT2D eigenvalue weighted by Gasteiger charge is -2.33. The van der Waals surface area contributed by atoms with E-state index in [4.69, 9.17) is 5.11 Å². The van der Waals surface area contributed by atoms with Crippen molar-refractivity contribution in [3.05, 3.63) is 0 Å². The second kappa shape index (κ2) is 6.29. The minimum absolute atomic E-state index is 0.186. The Morgan fingerprint density at radius 3 is 3.00 bits per heavy atom. The quantitative estimate of drug-likeness (QED) is 0.650. The highest BCUT2D eigenvalue weighted by Gasteiger charge is 2.29. The van der Waals surface area contributed by atoms with Crippen molar-refractivity contribution in [2.45, 2.75) is 31.7 Å². The molecule has 5 nitrogen and oxygen atoms in total. The molecule has 3 atom stereocenters. The Hall–Kier alpha value is -0.940. The van der Waals surface area contributed by atoms with Gasteiger partial charge in [0.15, 0.2) is 0 Å². The Labute approximate surface area is 108 Å². The van der Waals surface area contributed by atoms with Gasteiger partial charge in [-0.05, 0) is 26.0 Å². The summed E-state index contributed by atoms with van der Waals surface area (Å²) in [5.41, 5.74) is 0. The van der Waals surface area contributed by atoms with Crippen LogP contribution in [0.3, 0.4) is 0 Å². The Morgan fingerprint density at radius 1 is 1.50 bits per heavy atom. The average Bonchev–Trinajstić information content (AvgIpc) is 2.76. The van der Waals surface area contributed by atoms with Crippen molar-refractivity contribution < 1.29 is 14.8 Å². The normalized spacial score (nSPS) is 33.4. The molecule has 18 heavy (non-hydrogen) atoms. The summed E-state index contributed by atoms with van der Waals surface area (Å²) in [6.07, 6.45) is 4.72. The number of rotatable bonds is 5. The molecule has 1 aliphatic carbocycles. The van der Waals surface area contributed by atoms with Crippen molar-refractivity contribution in [2.24, 2.45) is 10.9 Å². The SMILES string of the molecule is C=NC1CCC(C[NH+]2CCCN(CC(=O)O)C2)C1. The molecule has 0 aromatic heterocycles. The average molecular weight is 254 g/mol. The zero-order valence-electron chi connectivity index (χ0n) is 11.0. The summed E-state index contributed by atoms with van der Waals surface area (Å²) in [7, 11) is 0. The molecule has 1 heterocycles. The second-order valence-electron chi connectivity index (χ2n) is 5.68. The van der Waals surface area contributed by atoms with Gasteiger partial charge in [0.1, 0.15) is 13.2 Å². The van der Waals surface area contributed by atoms with Crippen LogP contribution >= 0.6 is 0 Å². The van der Waals surface area contributed by atoms with Crippen molar-refractivity contribution in [2.75, 3.05) is 32.8 Å². The van der Waals surface area contributed by atoms with Crippen LogP contribution in [0, 0.1) is 5.92 Å². The molecule has 2 aliphatic rings. The first-order valence-electron chi connectivity index (χ1n) is 6.91. The van der Waals surface area contributed by atoms with Gasteiger partial charge in [-0.1, -0.05) is 0 Å². The van der Waals surface area contributed by atoms with Crippen LogP contribution in [0.15, 0.2) is 4.99 Å². The lowest BCUT2D eigenvalue weighted by Crippen LogP contribution is -3.15. The Morgan fingerprint density at radius 2 is 2.33 bits per heavy atom. The molecule has 0 amide bonds. The maximum absolute atomic E-state index is 10.7. The van der Waals surface area contributed by atoms with E-state index in [2.05, 4.69) is 16.6 Å². The fraction of sp³-hybridized carbons (Fsp3) is 0.846. The highest BCUT2D eigenvalue weighted by molar-refractivity contribution is 5.69. The minimum atomic E-state index is -0.715. The maximum Gasteiger partial charge on any atom is 0.317 e. The second-order valence-corrected chi connectivity index (χ2v) is 5.68. The summed E-state index contributed by atoms with van der Waals surface area (Å²) in [4.78, 5) is 18.5. The molecule has 0 bridgehead atoms. The molecule has 1 aliphatic heterocycles. The predicted molar refractivity (Wildman–Crippen MR) is 70.1 cm³/mol. The first-order chi connectivity index (χ1) is 8.67. The number of aliphatic carboxylic acids is 1. The van der Waals surface area contributed by atoms with E-state index in [0.717, 1.165) is 25.6 Å². The smallest absolute Gasteiger partial charge is 0.317 e. The van der Waals surface area contributed by atoms with E-state index >= 15 is 0 Å². The summed E-state index contributed by atoms with van der Waals surface area (Å²) in [5.74, 6) is 0.0355. The number of aliphatic imine (C=N–C) groups is 1. The van der Waals surface area contributed by atoms with Crippen molar-refractivity contribution >= 4 is 12.7 Å². The fourth-order valence-corrected chi connectivity index (χ4v) is 3.33. The van der Waals surface area contributed by atoms with E-state index in [-0.39, 0.29) is 6.54 Å². The van der Waals surface area contributed by atoms with Gasteiger partial charge in [0, 0.05) is 24.9 Å². The third-order valence-electron chi connectivity index (χ3n) is 4.16. The zero-order chi connectivity index (χ0) is 13.0. The van der Waals surface area contributed by atoms with E-state index in [0.29, 0.717) is 6.04 Å². The van der Waals surface area contributed by atoms with E-state index in [9.17, 15) is 4.79 Å². The van der Waals surface area contributed by atoms with Gasteiger partial charge in [-0.2, -0.15) is 0 Å². The van der Waals surface area contributed by atoms with E-state index in [1.807, 2.05) is 0 Å². The van der Waals surface area contributed by atoms with Crippen molar-refractivity contribution in [1.82, 2.24) is 4.90 Å². The number of nitrogens with zero attached hydrogens (tertiary/aromatic N) is 2. The highest BCUT2D eigenvalue weighted by Crippen LogP contribution is 2.26. The molecule has 2 rings (SSSR count). The standard InChI is InChI=1S/C13H23N3O2/c1-14-12-4-3-11(7-12)8-15-5-2-6-16(10-15)9-13(17)18/h11-12H,1-10H2,(H,17,18)/p+1. The number of carboxylic acids is 1. The van der Waals surface area contributed by atoms with E-state index in [1.165, 1.54) is 37.3 Å². The summed E-state index contributed by atoms with van der Waals surface area (Å²) in [5, 5.41) is 8.83. The van der Waals surface area contributed by atoms with Crippen LogP contribution in [0.2, 0.25) is 0 Å². The number of hydrogen-bond donors (Lipinski definition) is 2. The van der Waals surface area contributed by atoms with Gasteiger partial charge in [0.2, 0.25) is 0 Å². The van der Waals surface area contributed by atoms with Gasteiger partial charge in [-0.15, -0.1) is 0 Å². The predicted octanol–water partition coefficient (Wildman–Crippen LogP) is -0.512. The molecule has 1 saturated heterocycles. The molecule has 0 radical (unpaired) electrons. The van der Waals surface area contributed by atoms with Crippen molar-refractivity contribution in [1.29, 1.82) is 0 Å². The summed E-state index contributed by atoms with van der Waals surface area (Å²) in [6, 6.07) is 0.467. The molecule has 0 aromatic rings. The largest absolute Gasteiger partial charge is 0.480 e. The Kier molecular flexibility index (Phi) is 4.72. The van der Waals surface area contributed by atoms with Crippen LogP contribution in [0.1, 0.15) is 25.7 Å². The summed E-state index contributed by atoms with van der Waals surface area (Å²) in [6.45, 7) is 7.98. The minimum Gasteiger partial charge on any atom is -0.480 e. The first kappa shape index (κ1) is 13.5. The number of nitrogens with one attached hydrogen (secondary N) is 1. The third-order valence-corrected chi connectivity index (χ3v) is 4.16. The van der Waals surface area contributed by atoms with Crippen LogP contribution < -0.4 is 4.90 Å². The number of carbonyl (C=O) groups is 1. The Balaban J connectivity index is 1.75. The molecule has 0 spiro atoms. The maximum atomic E-state index is 10.7. The monoisotopic (exact) mass is 254 g/mol. The molecule has 102 valence electrons. The topological polar surface area (TPSA) is 57.3 Å². The van der Waals surface area contributed by atoms with Gasteiger partial charge in [0.25, 0.3) is 0 Å². The lowest BCUT2D eigenvalue weighted by atomic mass is 10.1. The molecule has 0 aromatic carbocycles. The Bertz CT molecular complexity index is 309. The fourth-order valence-electron chi connectivity index (χ4n) is 3.33. The summed E-state index contributed by atoms with van der Waals surface area (Å²) >= 11 is 0. The van der Waals surface area contributed by atoms with E-state index in [1.54, 1.807) is 0 Å². The first-order valence-corrected chi connectivity index (χ1v) is 6.91. The number of carboxylic acid groups (broad SMARTS) is 1. The number of hydrogen-bond acceptors (Lipinski definition) is 3. The van der Waals surface area contributed by atoms with Crippen LogP contribution in [-0.4, -0.2) is 61.6 Å². The van der Waals surface area contributed by atoms with Gasteiger partial charge in [0.05, 0.1) is 13.1 Å². The molecular formula is C13H24N3O2+.